The number of Topliss-reactive ketones (excluding diaryl/α,β-unsaturated/α-hetero) is 1. The molecule has 96 valence electrons. The largest absolute Gasteiger partial charge is 0.480 e. The minimum absolute atomic E-state index is 0.190. The number of hydrogen-bond donors (Lipinski definition) is 3. The zero-order valence-electron chi connectivity index (χ0n) is 9.84. The van der Waals surface area contributed by atoms with Crippen LogP contribution in [0, 0.1) is 0 Å². The maximum absolute atomic E-state index is 11.6. The van der Waals surface area contributed by atoms with Crippen LogP contribution in [-0.4, -0.2) is 28.8 Å². The average molecular weight is 252 g/mol. The Morgan fingerprint density at radius 3 is 2.44 bits per heavy atom. The van der Waals surface area contributed by atoms with Crippen LogP contribution in [0.25, 0.3) is 0 Å². The summed E-state index contributed by atoms with van der Waals surface area (Å²) in [7, 11) is 0. The molecule has 6 heteroatoms. The van der Waals surface area contributed by atoms with E-state index in [2.05, 4.69) is 10.9 Å². The topological polar surface area (TPSA) is 95.5 Å². The van der Waals surface area contributed by atoms with Gasteiger partial charge in [-0.15, -0.1) is 0 Å². The summed E-state index contributed by atoms with van der Waals surface area (Å²) in [5.74, 6) is -1.92. The van der Waals surface area contributed by atoms with Crippen LogP contribution in [0.5, 0.6) is 0 Å². The van der Waals surface area contributed by atoms with Crippen molar-refractivity contribution in [2.45, 2.75) is 19.4 Å². The molecule has 0 spiro atoms. The molecule has 0 aromatic heterocycles. The van der Waals surface area contributed by atoms with Crippen LogP contribution in [0.3, 0.4) is 0 Å². The van der Waals surface area contributed by atoms with Crippen molar-refractivity contribution < 1.29 is 19.5 Å². The second-order valence-electron chi connectivity index (χ2n) is 3.76. The molecule has 0 aliphatic carbocycles. The van der Waals surface area contributed by atoms with Crippen LogP contribution in [-0.2, 0) is 9.59 Å². The number of carbonyl (C=O) groups excluding carboxylic acids is 2. The van der Waals surface area contributed by atoms with Gasteiger partial charge in [-0.1, -0.05) is 18.2 Å². The number of carboxylic acids is 1. The van der Waals surface area contributed by atoms with Gasteiger partial charge in [0.2, 0.25) is 0 Å². The quantitative estimate of drug-likeness (QED) is 0.501. The molecule has 1 amide bonds. The van der Waals surface area contributed by atoms with E-state index >= 15 is 0 Å². The lowest BCUT2D eigenvalue weighted by Gasteiger charge is -2.13. The number of ketones is 1. The summed E-state index contributed by atoms with van der Waals surface area (Å²) < 4.78 is 0. The minimum atomic E-state index is -1.20. The number of nitrogens with one attached hydrogen (secondary N) is 2. The second kappa shape index (κ2) is 6.51. The highest BCUT2D eigenvalue weighted by Gasteiger charge is 2.19. The number of hydrazine groups is 1. The van der Waals surface area contributed by atoms with Gasteiger partial charge in [-0.3, -0.25) is 19.8 Å². The lowest BCUT2D eigenvalue weighted by molar-refractivity contribution is -0.141. The number of rotatable bonds is 6. The molecule has 18 heavy (non-hydrogen) atoms. The van der Waals surface area contributed by atoms with Crippen molar-refractivity contribution in [1.82, 2.24) is 10.9 Å². The van der Waals surface area contributed by atoms with Gasteiger partial charge in [-0.2, -0.15) is 0 Å². The molecule has 0 heterocycles. The van der Waals surface area contributed by atoms with Crippen molar-refractivity contribution in [1.29, 1.82) is 0 Å². The van der Waals surface area contributed by atoms with E-state index in [-0.39, 0.29) is 12.2 Å². The smallest absolute Gasteiger partial charge is 0.322 e. The molecule has 1 atom stereocenters. The highest BCUT2D eigenvalue weighted by atomic mass is 18.1. The maximum Gasteiger partial charge on any atom is 0.322 e. The molecule has 0 unspecified atom stereocenters. The predicted octanol–water partition coefficient (Wildman–Crippen LogP) is 0.353. The number of hydrogen-bond acceptors (Lipinski definition) is 4. The molecule has 0 saturated carbocycles. The van der Waals surface area contributed by atoms with Crippen LogP contribution in [0.15, 0.2) is 30.3 Å². The first-order valence-electron chi connectivity index (χ1n) is 5.34. The monoisotopic (exact) mass is 252 g/mol. The number of amides is 1. The Morgan fingerprint density at radius 2 is 1.94 bits per heavy atom. The summed E-state index contributed by atoms with van der Waals surface area (Å²) in [4.78, 5) is 33.3. The maximum atomic E-state index is 11.6. The Kier molecular flexibility index (Phi) is 5.01. The van der Waals surface area contributed by atoms with Gasteiger partial charge in [0.1, 0.15) is 11.8 Å². The zero-order chi connectivity index (χ0) is 13.5. The Morgan fingerprint density at radius 1 is 1.33 bits per heavy atom. The molecule has 0 aliphatic rings. The average Bonchev–Trinajstić information content (AvgIpc) is 2.34. The summed E-state index contributed by atoms with van der Waals surface area (Å²) in [5, 5.41) is 8.84. The summed E-state index contributed by atoms with van der Waals surface area (Å²) >= 11 is 0. The molecule has 3 N–H and O–H groups in total. The number of carboxylic acid groups (broad SMARTS) is 1. The van der Waals surface area contributed by atoms with Gasteiger partial charge < -0.3 is 5.11 Å². The Labute approximate surface area is 104 Å². The van der Waals surface area contributed by atoms with Crippen molar-refractivity contribution in [3.8, 4) is 0 Å². The predicted molar refractivity (Wildman–Crippen MR) is 63.8 cm³/mol. The molecule has 0 saturated heterocycles. The first-order chi connectivity index (χ1) is 8.50. The first-order valence-corrected chi connectivity index (χ1v) is 5.34. The number of aliphatic carboxylic acids is 1. The SMILES string of the molecule is CC(=[18O])C[C@@H](NNC(=O)c1ccccc1)C(=O)O. The summed E-state index contributed by atoms with van der Waals surface area (Å²) in [6.07, 6.45) is -0.190. The highest BCUT2D eigenvalue weighted by Crippen LogP contribution is 1.98. The molecule has 0 aliphatic heterocycles. The lowest BCUT2D eigenvalue weighted by atomic mass is 10.2. The third-order valence-corrected chi connectivity index (χ3v) is 2.19. The number of benzene rings is 1. The molecule has 0 fully saturated rings. The minimum Gasteiger partial charge on any atom is -0.480 e. The molecule has 6 nitrogen and oxygen atoms in total. The van der Waals surface area contributed by atoms with Crippen LogP contribution in [0.2, 0.25) is 0 Å². The van der Waals surface area contributed by atoms with E-state index in [0.717, 1.165) is 0 Å². The molecule has 0 radical (unpaired) electrons. The zero-order valence-corrected chi connectivity index (χ0v) is 9.84. The van der Waals surface area contributed by atoms with Crippen LogP contribution in [0.1, 0.15) is 23.7 Å². The summed E-state index contributed by atoms with van der Waals surface area (Å²) in [5.41, 5.74) is 4.99. The molecular weight excluding hydrogens is 238 g/mol. The first kappa shape index (κ1) is 13.9. The van der Waals surface area contributed by atoms with E-state index in [1.807, 2.05) is 0 Å². The van der Waals surface area contributed by atoms with E-state index in [4.69, 9.17) is 5.11 Å². The van der Waals surface area contributed by atoms with E-state index in [9.17, 15) is 14.4 Å². The highest BCUT2D eigenvalue weighted by molar-refractivity contribution is 5.94. The van der Waals surface area contributed by atoms with Gasteiger partial charge in [-0.25, -0.2) is 5.43 Å². The fourth-order valence-corrected chi connectivity index (χ4v) is 1.30. The van der Waals surface area contributed by atoms with Crippen LogP contribution < -0.4 is 10.9 Å². The van der Waals surface area contributed by atoms with Gasteiger partial charge in [0.15, 0.2) is 0 Å². The normalized spacial score (nSPS) is 11.6. The van der Waals surface area contributed by atoms with Gasteiger partial charge in [0, 0.05) is 12.0 Å². The standard InChI is InChI=1S/C12H14N2O4/c1-8(15)7-10(12(17)18)13-14-11(16)9-5-3-2-4-6-9/h2-6,10,13H,7H2,1H3,(H,14,16)(H,17,18)/t10-/m1/s1/i15+2. The molecule has 1 rings (SSSR count). The number of carbonyl (C=O) groups is 3. The summed E-state index contributed by atoms with van der Waals surface area (Å²) in [6, 6.07) is 7.21. The van der Waals surface area contributed by atoms with Crippen molar-refractivity contribution >= 4 is 17.7 Å². The third-order valence-electron chi connectivity index (χ3n) is 2.19. The Bertz CT molecular complexity index is 445. The summed E-state index contributed by atoms with van der Waals surface area (Å²) in [6.45, 7) is 1.29. The van der Waals surface area contributed by atoms with Crippen molar-refractivity contribution in [3.05, 3.63) is 35.9 Å². The van der Waals surface area contributed by atoms with Gasteiger partial charge in [-0.05, 0) is 19.1 Å². The lowest BCUT2D eigenvalue weighted by Crippen LogP contribution is -2.48. The second-order valence-corrected chi connectivity index (χ2v) is 3.76. The van der Waals surface area contributed by atoms with E-state index in [1.165, 1.54) is 6.92 Å². The molecular formula is C12H14N2O4. The fourth-order valence-electron chi connectivity index (χ4n) is 1.30. The molecule has 1 aromatic rings. The Balaban J connectivity index is 2.55. The van der Waals surface area contributed by atoms with Gasteiger partial charge in [0.05, 0.1) is 0 Å². The van der Waals surface area contributed by atoms with Gasteiger partial charge >= 0.3 is 5.97 Å². The van der Waals surface area contributed by atoms with Crippen molar-refractivity contribution in [2.75, 3.05) is 0 Å². The van der Waals surface area contributed by atoms with Crippen molar-refractivity contribution in [3.63, 3.8) is 0 Å². The van der Waals surface area contributed by atoms with E-state index < -0.39 is 17.9 Å². The molecule has 1 aromatic carbocycles. The van der Waals surface area contributed by atoms with Crippen molar-refractivity contribution in [2.24, 2.45) is 0 Å². The third kappa shape index (κ3) is 4.34. The van der Waals surface area contributed by atoms with Crippen LogP contribution >= 0.6 is 0 Å². The fraction of sp³-hybridized carbons (Fsp3) is 0.250. The van der Waals surface area contributed by atoms with E-state index in [0.29, 0.717) is 5.56 Å². The van der Waals surface area contributed by atoms with Gasteiger partial charge in [0.25, 0.3) is 5.91 Å². The molecule has 0 bridgehead atoms. The van der Waals surface area contributed by atoms with E-state index in [1.54, 1.807) is 30.3 Å². The van der Waals surface area contributed by atoms with Crippen LogP contribution in [0.4, 0.5) is 0 Å². The Hall–Kier alpha value is -2.21.